The Morgan fingerprint density at radius 1 is 1.15 bits per heavy atom. The van der Waals surface area contributed by atoms with E-state index >= 15 is 0 Å². The van der Waals surface area contributed by atoms with E-state index < -0.39 is 34.6 Å². The Hall–Kier alpha value is -2.71. The lowest BCUT2D eigenvalue weighted by Crippen LogP contribution is -2.58. The first-order chi connectivity index (χ1) is 16.0. The van der Waals surface area contributed by atoms with E-state index in [0.717, 1.165) is 12.8 Å². The van der Waals surface area contributed by atoms with E-state index in [4.69, 9.17) is 9.47 Å². The number of benzene rings is 1. The summed E-state index contributed by atoms with van der Waals surface area (Å²) in [5.41, 5.74) is -2.01. The van der Waals surface area contributed by atoms with Gasteiger partial charge in [0.25, 0.3) is 0 Å². The maximum atomic E-state index is 13.9. The highest BCUT2D eigenvalue weighted by Gasteiger charge is 2.76. The molecule has 1 aromatic carbocycles. The Balaban J connectivity index is 1.51. The van der Waals surface area contributed by atoms with E-state index in [9.17, 15) is 14.4 Å². The molecule has 3 amide bonds. The number of anilines is 1. The predicted molar refractivity (Wildman–Crippen MR) is 126 cm³/mol. The number of nitrogens with one attached hydrogen (secondary N) is 2. The number of hydrogen-bond acceptors (Lipinski definition) is 5. The summed E-state index contributed by atoms with van der Waals surface area (Å²) < 4.78 is 12.3. The summed E-state index contributed by atoms with van der Waals surface area (Å²) in [6.07, 6.45) is 5.32. The van der Waals surface area contributed by atoms with Crippen molar-refractivity contribution >= 4 is 23.4 Å². The van der Waals surface area contributed by atoms with E-state index in [1.54, 1.807) is 17.0 Å². The highest BCUT2D eigenvalue weighted by atomic mass is 16.5. The van der Waals surface area contributed by atoms with Crippen molar-refractivity contribution < 1.29 is 23.9 Å². The summed E-state index contributed by atoms with van der Waals surface area (Å²) in [5, 5.41) is 5.98. The van der Waals surface area contributed by atoms with Crippen molar-refractivity contribution in [3.05, 3.63) is 42.5 Å². The number of carbonyl (C=O) groups is 3. The predicted octanol–water partition coefficient (Wildman–Crippen LogP) is 2.26. The molecule has 0 aliphatic carbocycles. The van der Waals surface area contributed by atoms with Gasteiger partial charge in [0.05, 0.1) is 23.5 Å². The van der Waals surface area contributed by atoms with Crippen LogP contribution in [-0.4, -0.2) is 64.7 Å². The molecular formula is C26H33N3O5. The minimum atomic E-state index is -1.20. The average Bonchev–Trinajstić information content (AvgIpc) is 3.48. The molecule has 4 aliphatic heterocycles. The fourth-order valence-corrected chi connectivity index (χ4v) is 6.01. The van der Waals surface area contributed by atoms with Crippen LogP contribution in [0.15, 0.2) is 42.5 Å². The largest absolute Gasteiger partial charge is 0.376 e. The van der Waals surface area contributed by atoms with Gasteiger partial charge in [0, 0.05) is 24.4 Å². The number of carbonyl (C=O) groups excluding carboxylic acids is 3. The molecule has 8 nitrogen and oxygen atoms in total. The third-order valence-electron chi connectivity index (χ3n) is 7.29. The van der Waals surface area contributed by atoms with Crippen molar-refractivity contribution in [2.24, 2.45) is 11.8 Å². The molecule has 0 aromatic heterocycles. The van der Waals surface area contributed by atoms with Crippen LogP contribution in [0.25, 0.3) is 0 Å². The van der Waals surface area contributed by atoms with Crippen LogP contribution in [-0.2, 0) is 23.9 Å². The smallest absolute Gasteiger partial charge is 0.246 e. The zero-order valence-corrected chi connectivity index (χ0v) is 20.2. The van der Waals surface area contributed by atoms with Gasteiger partial charge in [-0.25, -0.2) is 0 Å². The van der Waals surface area contributed by atoms with Gasteiger partial charge in [0.1, 0.15) is 11.6 Å². The molecule has 34 heavy (non-hydrogen) atoms. The molecule has 0 unspecified atom stereocenters. The Kier molecular flexibility index (Phi) is 5.37. The summed E-state index contributed by atoms with van der Waals surface area (Å²) in [6.45, 7) is 8.49. The van der Waals surface area contributed by atoms with Gasteiger partial charge in [-0.05, 0) is 52.7 Å². The number of nitrogens with zero attached hydrogens (tertiary/aromatic N) is 1. The molecule has 0 radical (unpaired) electrons. The minimum absolute atomic E-state index is 0.127. The van der Waals surface area contributed by atoms with Gasteiger partial charge in [-0.15, -0.1) is 0 Å². The lowest BCUT2D eigenvalue weighted by molar-refractivity contribution is -0.146. The SMILES string of the molecule is CC(C)(C)NC(=O)[C@@H]1N(C[C@@H]2CCCO2)C(=O)[C@@H]2[C@H](C(=O)Nc3ccccc3)[C@@]3(C)C=C[C@]21O3. The van der Waals surface area contributed by atoms with Crippen LogP contribution in [0.5, 0.6) is 0 Å². The highest BCUT2D eigenvalue weighted by Crippen LogP contribution is 2.60. The second-order valence-corrected chi connectivity index (χ2v) is 11.1. The molecule has 4 heterocycles. The van der Waals surface area contributed by atoms with Crippen LogP contribution in [0.4, 0.5) is 5.69 Å². The third-order valence-corrected chi connectivity index (χ3v) is 7.29. The fraction of sp³-hybridized carbons (Fsp3) is 0.577. The lowest BCUT2D eigenvalue weighted by atomic mass is 9.70. The van der Waals surface area contributed by atoms with Gasteiger partial charge in [0.15, 0.2) is 0 Å². The van der Waals surface area contributed by atoms with Gasteiger partial charge < -0.3 is 25.0 Å². The van der Waals surface area contributed by atoms with E-state index in [-0.39, 0.29) is 23.8 Å². The third kappa shape index (κ3) is 3.64. The Morgan fingerprint density at radius 2 is 1.88 bits per heavy atom. The first-order valence-corrected chi connectivity index (χ1v) is 12.0. The van der Waals surface area contributed by atoms with Gasteiger partial charge in [-0.2, -0.15) is 0 Å². The van der Waals surface area contributed by atoms with Gasteiger partial charge in [-0.3, -0.25) is 14.4 Å². The van der Waals surface area contributed by atoms with Crippen LogP contribution < -0.4 is 10.6 Å². The van der Waals surface area contributed by atoms with E-state index in [1.165, 1.54) is 0 Å². The second-order valence-electron chi connectivity index (χ2n) is 11.1. The van der Waals surface area contributed by atoms with Crippen molar-refractivity contribution in [2.75, 3.05) is 18.5 Å². The van der Waals surface area contributed by atoms with Crippen LogP contribution in [0.2, 0.25) is 0 Å². The monoisotopic (exact) mass is 467 g/mol. The number of likely N-dealkylation sites (tertiary alicyclic amines) is 1. The maximum Gasteiger partial charge on any atom is 0.246 e. The average molecular weight is 468 g/mol. The number of ether oxygens (including phenoxy) is 2. The number of amides is 3. The normalized spacial score (nSPS) is 36.1. The van der Waals surface area contributed by atoms with Gasteiger partial charge in [-0.1, -0.05) is 30.4 Å². The molecule has 3 saturated heterocycles. The van der Waals surface area contributed by atoms with Crippen LogP contribution in [0.1, 0.15) is 40.5 Å². The molecule has 1 aromatic rings. The molecule has 1 spiro atoms. The number of rotatable bonds is 5. The Bertz CT molecular complexity index is 1030. The fourth-order valence-electron chi connectivity index (χ4n) is 6.01. The molecule has 0 saturated carbocycles. The van der Waals surface area contributed by atoms with E-state index in [0.29, 0.717) is 18.8 Å². The molecule has 3 fully saturated rings. The molecule has 5 rings (SSSR count). The zero-order chi connectivity index (χ0) is 24.3. The van der Waals surface area contributed by atoms with E-state index in [1.807, 2.05) is 58.0 Å². The maximum absolute atomic E-state index is 13.9. The van der Waals surface area contributed by atoms with Crippen LogP contribution in [0.3, 0.4) is 0 Å². The molecule has 182 valence electrons. The van der Waals surface area contributed by atoms with Gasteiger partial charge in [0.2, 0.25) is 17.7 Å². The summed E-state index contributed by atoms with van der Waals surface area (Å²) in [7, 11) is 0. The zero-order valence-electron chi connectivity index (χ0n) is 20.2. The van der Waals surface area contributed by atoms with Crippen molar-refractivity contribution in [3.63, 3.8) is 0 Å². The van der Waals surface area contributed by atoms with Crippen LogP contribution >= 0.6 is 0 Å². The standard InChI is InChI=1S/C26H33N3O5/c1-24(2,3)28-22(31)20-26-13-12-25(4,34-26)18(21(30)27-16-9-6-5-7-10-16)19(26)23(32)29(20)15-17-11-8-14-33-17/h5-7,9-10,12-13,17-20H,8,11,14-15H2,1-4H3,(H,27,30)(H,28,31)/t17-,18+,19-,20-,25+,26-/m0/s1. The first-order valence-electron chi connectivity index (χ1n) is 12.0. The molecule has 2 bridgehead atoms. The number of hydrogen-bond donors (Lipinski definition) is 2. The minimum Gasteiger partial charge on any atom is -0.376 e. The quantitative estimate of drug-likeness (QED) is 0.648. The topological polar surface area (TPSA) is 97.0 Å². The Morgan fingerprint density at radius 3 is 2.53 bits per heavy atom. The van der Waals surface area contributed by atoms with E-state index in [2.05, 4.69) is 10.6 Å². The van der Waals surface area contributed by atoms with Crippen molar-refractivity contribution in [3.8, 4) is 0 Å². The number of para-hydroxylation sites is 1. The number of fused-ring (bicyclic) bond motifs is 1. The molecule has 8 heteroatoms. The van der Waals surface area contributed by atoms with Crippen molar-refractivity contribution in [1.29, 1.82) is 0 Å². The summed E-state index contributed by atoms with van der Waals surface area (Å²) >= 11 is 0. The Labute approximate surface area is 200 Å². The van der Waals surface area contributed by atoms with Crippen molar-refractivity contribution in [1.82, 2.24) is 10.2 Å². The molecule has 4 aliphatic rings. The summed E-state index contributed by atoms with van der Waals surface area (Å²) in [4.78, 5) is 42.7. The summed E-state index contributed by atoms with van der Waals surface area (Å²) in [5.74, 6) is -2.34. The second kappa shape index (κ2) is 7.92. The summed E-state index contributed by atoms with van der Waals surface area (Å²) in [6, 6.07) is 8.29. The van der Waals surface area contributed by atoms with Crippen molar-refractivity contribution in [2.45, 2.75) is 69.4 Å². The molecule has 2 N–H and O–H groups in total. The highest BCUT2D eigenvalue weighted by molar-refractivity contribution is 6.03. The lowest BCUT2D eigenvalue weighted by Gasteiger charge is -2.35. The molecular weight excluding hydrogens is 434 g/mol. The molecule has 6 atom stereocenters. The first kappa shape index (κ1) is 23.1. The van der Waals surface area contributed by atoms with Crippen LogP contribution in [0, 0.1) is 11.8 Å². The van der Waals surface area contributed by atoms with Gasteiger partial charge >= 0.3 is 0 Å².